The molecule has 2 heteroatoms. The minimum atomic E-state index is 0. The highest BCUT2D eigenvalue weighted by Gasteiger charge is 2.22. The van der Waals surface area contributed by atoms with Crippen LogP contribution in [0.25, 0.3) is 0 Å². The third-order valence-electron chi connectivity index (χ3n) is 5.67. The Hall–Kier alpha value is -3.52. The molecule has 0 N–H and O–H groups in total. The van der Waals surface area contributed by atoms with Gasteiger partial charge in [-0.05, 0) is 22.3 Å². The van der Waals surface area contributed by atoms with Crippen LogP contribution in [0, 0.1) is 0 Å². The van der Waals surface area contributed by atoms with Crippen molar-refractivity contribution in [3.05, 3.63) is 144 Å². The quantitative estimate of drug-likeness (QED) is 0.301. The molecule has 0 atom stereocenters. The van der Waals surface area contributed by atoms with Crippen molar-refractivity contribution >= 4 is 5.78 Å². The van der Waals surface area contributed by atoms with Gasteiger partial charge in [-0.2, -0.15) is 0 Å². The lowest BCUT2D eigenvalue weighted by Crippen LogP contribution is -2.13. The van der Waals surface area contributed by atoms with Crippen molar-refractivity contribution in [1.29, 1.82) is 0 Å². The molecular formula is C29H27FO. The molecule has 4 rings (SSSR count). The highest BCUT2D eigenvalue weighted by Crippen LogP contribution is 2.33. The van der Waals surface area contributed by atoms with E-state index in [0.29, 0.717) is 12.8 Å². The van der Waals surface area contributed by atoms with Crippen LogP contribution in [-0.2, 0) is 4.79 Å². The minimum absolute atomic E-state index is 0. The predicted molar refractivity (Wildman–Crippen MR) is 126 cm³/mol. The first kappa shape index (κ1) is 22.2. The fourth-order valence-corrected chi connectivity index (χ4v) is 4.14. The first-order chi connectivity index (χ1) is 14.8. The van der Waals surface area contributed by atoms with Gasteiger partial charge in [-0.25, -0.2) is 0 Å². The van der Waals surface area contributed by atoms with Gasteiger partial charge >= 0.3 is 0 Å². The number of Topliss-reactive ketones (excluding diaryl/α,β-unsaturated/α-hetero) is 1. The highest BCUT2D eigenvalue weighted by atomic mass is 19.0. The molecule has 0 saturated heterocycles. The molecule has 0 radical (unpaired) electrons. The van der Waals surface area contributed by atoms with E-state index in [-0.39, 0.29) is 22.3 Å². The Morgan fingerprint density at radius 2 is 0.677 bits per heavy atom. The van der Waals surface area contributed by atoms with Crippen LogP contribution in [0.2, 0.25) is 0 Å². The van der Waals surface area contributed by atoms with Gasteiger partial charge in [0.1, 0.15) is 5.78 Å². The summed E-state index contributed by atoms with van der Waals surface area (Å²) >= 11 is 0. The third kappa shape index (κ3) is 5.76. The van der Waals surface area contributed by atoms with Gasteiger partial charge in [0, 0.05) is 24.7 Å². The summed E-state index contributed by atoms with van der Waals surface area (Å²) in [7, 11) is 0. The van der Waals surface area contributed by atoms with E-state index in [1.807, 2.05) is 72.8 Å². The molecule has 1 nitrogen and oxygen atoms in total. The lowest BCUT2D eigenvalue weighted by atomic mass is 9.82. The summed E-state index contributed by atoms with van der Waals surface area (Å²) in [5, 5.41) is 0. The molecule has 31 heavy (non-hydrogen) atoms. The van der Waals surface area contributed by atoms with Crippen molar-refractivity contribution < 1.29 is 9.50 Å². The van der Waals surface area contributed by atoms with Gasteiger partial charge < -0.3 is 0 Å². The third-order valence-corrected chi connectivity index (χ3v) is 5.67. The van der Waals surface area contributed by atoms with E-state index in [2.05, 4.69) is 48.5 Å². The Morgan fingerprint density at radius 1 is 0.452 bits per heavy atom. The second-order valence-corrected chi connectivity index (χ2v) is 7.69. The maximum Gasteiger partial charge on any atom is 0.134 e. The van der Waals surface area contributed by atoms with Crippen LogP contribution < -0.4 is 0 Å². The standard InChI is InChI=1S/C29H26O.FH/c30-27(21-28(23-13-5-1-6-14-23)24-15-7-2-8-16-24)22-29(25-17-9-3-10-18-25)26-19-11-4-12-20-26;/h1-20,28-29H,21-22H2;1H. The Morgan fingerprint density at radius 3 is 0.903 bits per heavy atom. The number of halogens is 1. The first-order valence-electron chi connectivity index (χ1n) is 10.5. The van der Waals surface area contributed by atoms with Crippen molar-refractivity contribution in [3.8, 4) is 0 Å². The molecule has 0 spiro atoms. The number of hydrogen-bond acceptors (Lipinski definition) is 1. The molecular weight excluding hydrogens is 383 g/mol. The molecule has 0 heterocycles. The zero-order valence-electron chi connectivity index (χ0n) is 17.4. The van der Waals surface area contributed by atoms with Gasteiger partial charge in [0.15, 0.2) is 0 Å². The zero-order valence-corrected chi connectivity index (χ0v) is 17.4. The fraction of sp³-hybridized carbons (Fsp3) is 0.138. The summed E-state index contributed by atoms with van der Waals surface area (Å²) in [6, 6.07) is 41.4. The number of hydrogen-bond donors (Lipinski definition) is 0. The number of rotatable bonds is 8. The number of carbonyl (C=O) groups is 1. The zero-order chi connectivity index (χ0) is 20.6. The smallest absolute Gasteiger partial charge is 0.134 e. The van der Waals surface area contributed by atoms with Crippen molar-refractivity contribution in [2.24, 2.45) is 0 Å². The van der Waals surface area contributed by atoms with E-state index >= 15 is 0 Å². The monoisotopic (exact) mass is 410 g/mol. The molecule has 0 aromatic heterocycles. The largest absolute Gasteiger partial charge is 0.300 e. The first-order valence-corrected chi connectivity index (χ1v) is 10.5. The van der Waals surface area contributed by atoms with Crippen molar-refractivity contribution in [3.63, 3.8) is 0 Å². The molecule has 0 unspecified atom stereocenters. The summed E-state index contributed by atoms with van der Waals surface area (Å²) in [5.41, 5.74) is 4.75. The number of benzene rings is 4. The summed E-state index contributed by atoms with van der Waals surface area (Å²) in [6.45, 7) is 0. The molecule has 0 amide bonds. The summed E-state index contributed by atoms with van der Waals surface area (Å²) in [6.07, 6.45) is 1.01. The highest BCUT2D eigenvalue weighted by molar-refractivity contribution is 5.81. The molecule has 0 bridgehead atoms. The molecule has 0 aliphatic carbocycles. The normalized spacial score (nSPS) is 10.6. The van der Waals surface area contributed by atoms with Gasteiger partial charge in [0.05, 0.1) is 0 Å². The van der Waals surface area contributed by atoms with E-state index < -0.39 is 0 Å². The summed E-state index contributed by atoms with van der Waals surface area (Å²) in [4.78, 5) is 13.4. The average molecular weight is 411 g/mol. The predicted octanol–water partition coefficient (Wildman–Crippen LogP) is 7.15. The van der Waals surface area contributed by atoms with Crippen molar-refractivity contribution in [2.45, 2.75) is 24.7 Å². The van der Waals surface area contributed by atoms with E-state index in [4.69, 9.17) is 0 Å². The summed E-state index contributed by atoms with van der Waals surface area (Å²) in [5.74, 6) is 0.435. The van der Waals surface area contributed by atoms with Crippen LogP contribution in [0.3, 0.4) is 0 Å². The van der Waals surface area contributed by atoms with Gasteiger partial charge in [0.25, 0.3) is 0 Å². The van der Waals surface area contributed by atoms with Crippen LogP contribution in [0.15, 0.2) is 121 Å². The Kier molecular flexibility index (Phi) is 7.89. The lowest BCUT2D eigenvalue weighted by Gasteiger charge is -2.21. The van der Waals surface area contributed by atoms with Gasteiger partial charge in [-0.1, -0.05) is 121 Å². The molecule has 0 aliphatic rings. The minimum Gasteiger partial charge on any atom is -0.300 e. The number of ketones is 1. The number of carbonyl (C=O) groups excluding carboxylic acids is 1. The fourth-order valence-electron chi connectivity index (χ4n) is 4.14. The van der Waals surface area contributed by atoms with Gasteiger partial charge in [0.2, 0.25) is 0 Å². The van der Waals surface area contributed by atoms with E-state index in [1.54, 1.807) is 0 Å². The molecule has 0 aliphatic heterocycles. The molecule has 4 aromatic carbocycles. The second kappa shape index (κ2) is 11.0. The van der Waals surface area contributed by atoms with Crippen molar-refractivity contribution in [2.75, 3.05) is 0 Å². The lowest BCUT2D eigenvalue weighted by molar-refractivity contribution is -0.119. The van der Waals surface area contributed by atoms with Crippen LogP contribution in [0.1, 0.15) is 46.9 Å². The SMILES string of the molecule is F.O=C(CC(c1ccccc1)c1ccccc1)CC(c1ccccc1)c1ccccc1. The van der Waals surface area contributed by atoms with Gasteiger partial charge in [-0.15, -0.1) is 0 Å². The maximum atomic E-state index is 13.4. The Balaban J connectivity index is 0.00000272. The van der Waals surface area contributed by atoms with Crippen molar-refractivity contribution in [1.82, 2.24) is 0 Å². The topological polar surface area (TPSA) is 17.1 Å². The van der Waals surface area contributed by atoms with E-state index in [0.717, 1.165) is 0 Å². The Bertz CT molecular complexity index is 881. The van der Waals surface area contributed by atoms with E-state index in [1.165, 1.54) is 22.3 Å². The van der Waals surface area contributed by atoms with Crippen LogP contribution in [-0.4, -0.2) is 5.78 Å². The van der Waals surface area contributed by atoms with Crippen LogP contribution in [0.4, 0.5) is 4.70 Å². The Labute approximate surface area is 183 Å². The van der Waals surface area contributed by atoms with Crippen LogP contribution in [0.5, 0.6) is 0 Å². The molecule has 156 valence electrons. The second-order valence-electron chi connectivity index (χ2n) is 7.69. The van der Waals surface area contributed by atoms with E-state index in [9.17, 15) is 4.79 Å². The molecule has 0 saturated carbocycles. The molecule has 4 aromatic rings. The average Bonchev–Trinajstić information content (AvgIpc) is 2.83. The van der Waals surface area contributed by atoms with Crippen LogP contribution >= 0.6 is 0 Å². The maximum absolute atomic E-state index is 13.4. The van der Waals surface area contributed by atoms with Gasteiger partial charge in [-0.3, -0.25) is 9.50 Å². The summed E-state index contributed by atoms with van der Waals surface area (Å²) < 4.78 is 0. The molecule has 0 fully saturated rings.